The van der Waals surface area contributed by atoms with Gasteiger partial charge in [0.2, 0.25) is 0 Å². The molecule has 0 aromatic heterocycles. The van der Waals surface area contributed by atoms with Crippen molar-refractivity contribution in [1.82, 2.24) is 0 Å². The summed E-state index contributed by atoms with van der Waals surface area (Å²) in [7, 11) is 1.74. The first kappa shape index (κ1) is 20.5. The molecule has 0 saturated heterocycles. The topological polar surface area (TPSA) is 49.7 Å². The molecule has 0 radical (unpaired) electrons. The average molecular weight is 552 g/mol. The molecule has 0 spiro atoms. The number of fused-ring (bicyclic) bond motifs is 5. The van der Waals surface area contributed by atoms with Crippen LogP contribution in [0.25, 0.3) is 0 Å². The molecule has 1 aromatic carbocycles. The van der Waals surface area contributed by atoms with Gasteiger partial charge in [-0.15, -0.1) is 0 Å². The average Bonchev–Trinajstić information content (AvgIpc) is 2.95. The van der Waals surface area contributed by atoms with E-state index >= 15 is 0 Å². The summed E-state index contributed by atoms with van der Waals surface area (Å²) in [5, 5.41) is 21.1. The number of rotatable bonds is 5. The number of aliphatic hydroxyl groups excluding tert-OH is 1. The van der Waals surface area contributed by atoms with Gasteiger partial charge in [-0.05, 0) is 12.1 Å². The van der Waals surface area contributed by atoms with E-state index < -0.39 is 5.60 Å². The van der Waals surface area contributed by atoms with Crippen LogP contribution < -0.4 is 4.74 Å². The van der Waals surface area contributed by atoms with Gasteiger partial charge in [-0.1, -0.05) is 0 Å². The van der Waals surface area contributed by atoms with Crippen LogP contribution in [0.15, 0.2) is 30.4 Å². The quantitative estimate of drug-likeness (QED) is 0.523. The van der Waals surface area contributed by atoms with Gasteiger partial charge in [0.05, 0.1) is 7.11 Å². The molecule has 152 valence electrons. The van der Waals surface area contributed by atoms with Crippen molar-refractivity contribution in [2.24, 2.45) is 17.3 Å². The van der Waals surface area contributed by atoms with Crippen LogP contribution >= 0.6 is 0 Å². The monoisotopic (exact) mass is 552 g/mol. The van der Waals surface area contributed by atoms with Crippen LogP contribution in [0.4, 0.5) is 0 Å². The van der Waals surface area contributed by atoms with Gasteiger partial charge >= 0.3 is 150 Å². The second kappa shape index (κ2) is 7.82. The van der Waals surface area contributed by atoms with Gasteiger partial charge in [-0.3, -0.25) is 0 Å². The summed E-state index contributed by atoms with van der Waals surface area (Å²) < 4.78 is 5.95. The minimum atomic E-state index is -0.602. The Morgan fingerprint density at radius 3 is 2.82 bits per heavy atom. The van der Waals surface area contributed by atoms with E-state index in [1.54, 1.807) is 7.11 Å². The molecule has 4 heteroatoms. The second-order valence-electron chi connectivity index (χ2n) is 9.28. The Bertz CT molecular complexity index is 788. The summed E-state index contributed by atoms with van der Waals surface area (Å²) in [6, 6.07) is 6.65. The molecular formula is C24H32O3W. The fourth-order valence-electron chi connectivity index (χ4n) is 6.59. The third-order valence-corrected chi connectivity index (χ3v) is 8.77. The van der Waals surface area contributed by atoms with E-state index in [4.69, 9.17) is 4.74 Å². The molecule has 3 nitrogen and oxygen atoms in total. The molecule has 2 fully saturated rings. The molecule has 5 atom stereocenters. The van der Waals surface area contributed by atoms with E-state index in [2.05, 4.69) is 31.2 Å². The molecule has 28 heavy (non-hydrogen) atoms. The molecule has 4 rings (SSSR count). The molecule has 0 heterocycles. The summed E-state index contributed by atoms with van der Waals surface area (Å²) in [6.45, 7) is 2.35. The summed E-state index contributed by atoms with van der Waals surface area (Å²) in [5.74, 6) is 2.90. The number of ether oxygens (including phenoxy) is 1. The van der Waals surface area contributed by atoms with Gasteiger partial charge in [-0.2, -0.15) is 0 Å². The first-order valence-electron chi connectivity index (χ1n) is 10.6. The van der Waals surface area contributed by atoms with Gasteiger partial charge in [0, 0.05) is 0 Å². The van der Waals surface area contributed by atoms with E-state index in [1.165, 1.54) is 24.0 Å². The Labute approximate surface area is 179 Å². The number of hydrogen-bond acceptors (Lipinski definition) is 3. The minimum absolute atomic E-state index is 0.00566. The van der Waals surface area contributed by atoms with E-state index in [9.17, 15) is 10.2 Å². The van der Waals surface area contributed by atoms with Crippen molar-refractivity contribution in [2.75, 3.05) is 7.11 Å². The summed E-state index contributed by atoms with van der Waals surface area (Å²) in [4.78, 5) is 0. The molecule has 3 aliphatic rings. The van der Waals surface area contributed by atoms with Crippen molar-refractivity contribution in [3.63, 3.8) is 0 Å². The zero-order valence-corrected chi connectivity index (χ0v) is 19.9. The molecule has 1 aromatic rings. The standard InChI is InChI=1S/C24H32O3.W/c1-23-13-10-20-19-9-7-18(27-2)16-17(19)6-8-21(20)22(23)11-14-24(23,26)12-4-3-5-15-25;/h3-4,7,9,16,20-22,25-26H,5-6,8,10-14H2,1-2H3;/b4-3-;/t20-,21-,22+,23+,24+;/m1./s1. The molecule has 2 N–H and O–H groups in total. The van der Waals surface area contributed by atoms with Crippen LogP contribution in [0.5, 0.6) is 5.75 Å². The van der Waals surface area contributed by atoms with Crippen molar-refractivity contribution in [3.8, 4) is 5.75 Å². The van der Waals surface area contributed by atoms with E-state index in [0.29, 0.717) is 34.7 Å². The predicted octanol–water partition coefficient (Wildman–Crippen LogP) is 4.67. The number of hydrogen-bond donors (Lipinski definition) is 2. The van der Waals surface area contributed by atoms with Crippen molar-refractivity contribution in [1.29, 1.82) is 0 Å². The fraction of sp³-hybridized carbons (Fsp3) is 0.625. The van der Waals surface area contributed by atoms with Gasteiger partial charge < -0.3 is 4.74 Å². The van der Waals surface area contributed by atoms with Gasteiger partial charge in [0.25, 0.3) is 0 Å². The summed E-state index contributed by atoms with van der Waals surface area (Å²) >= 11 is 1.12. The van der Waals surface area contributed by atoms with Gasteiger partial charge in [0.1, 0.15) is 5.75 Å². The zero-order valence-electron chi connectivity index (χ0n) is 17.0. The van der Waals surface area contributed by atoms with Crippen LogP contribution in [0.3, 0.4) is 0 Å². The third kappa shape index (κ3) is 3.38. The normalized spacial score (nSPS) is 36.6. The van der Waals surface area contributed by atoms with Gasteiger partial charge in [0.15, 0.2) is 0 Å². The Morgan fingerprint density at radius 2 is 2.07 bits per heavy atom. The van der Waals surface area contributed by atoms with Gasteiger partial charge in [-0.25, -0.2) is 0 Å². The number of aliphatic hydroxyl groups is 2. The first-order chi connectivity index (χ1) is 13.4. The van der Waals surface area contributed by atoms with Crippen molar-refractivity contribution < 1.29 is 34.3 Å². The van der Waals surface area contributed by atoms with Crippen LogP contribution in [-0.2, 0) is 25.8 Å². The molecule has 0 amide bonds. The molecule has 0 bridgehead atoms. The van der Waals surface area contributed by atoms with Crippen LogP contribution in [0, 0.1) is 17.3 Å². The summed E-state index contributed by atoms with van der Waals surface area (Å²) in [6.07, 6.45) is 12.1. The SMILES string of the molecule is COc1ccc2c(c1)CC[C@@H]1[C@@H]2CC[C@@]2(C)[C@H]1CC[C@@]2(O)C/C=C\C[C](O)=[W]. The third-order valence-electron chi connectivity index (χ3n) is 8.17. The van der Waals surface area contributed by atoms with Crippen LogP contribution in [0.1, 0.15) is 68.9 Å². The molecule has 0 aliphatic heterocycles. The van der Waals surface area contributed by atoms with Crippen LogP contribution in [-0.4, -0.2) is 27.0 Å². The van der Waals surface area contributed by atoms with E-state index in [0.717, 1.165) is 50.8 Å². The predicted molar refractivity (Wildman–Crippen MR) is 108 cm³/mol. The van der Waals surface area contributed by atoms with E-state index in [-0.39, 0.29) is 5.41 Å². The second-order valence-corrected chi connectivity index (χ2v) is 11.0. The number of benzene rings is 1. The fourth-order valence-corrected chi connectivity index (χ4v) is 6.94. The Kier molecular flexibility index (Phi) is 5.73. The maximum atomic E-state index is 11.6. The maximum absolute atomic E-state index is 11.6. The summed E-state index contributed by atoms with van der Waals surface area (Å²) in [5.41, 5.74) is 2.41. The Morgan fingerprint density at radius 1 is 1.25 bits per heavy atom. The Balaban J connectivity index is 1.55. The van der Waals surface area contributed by atoms with Crippen molar-refractivity contribution in [2.45, 2.75) is 69.8 Å². The Hall–Kier alpha value is -0.762. The number of aryl methyl sites for hydroxylation is 1. The molecule has 0 unspecified atom stereocenters. The molecule has 3 aliphatic carbocycles. The number of methoxy groups -OCH3 is 1. The molecule has 2 saturated carbocycles. The zero-order chi connectivity index (χ0) is 19.9. The van der Waals surface area contributed by atoms with Crippen molar-refractivity contribution in [3.05, 3.63) is 41.5 Å². The molecular weight excluding hydrogens is 520 g/mol. The van der Waals surface area contributed by atoms with E-state index in [1.807, 2.05) is 6.08 Å². The van der Waals surface area contributed by atoms with Crippen LogP contribution in [0.2, 0.25) is 0 Å². The first-order valence-corrected chi connectivity index (χ1v) is 12.1. The van der Waals surface area contributed by atoms with Crippen molar-refractivity contribution >= 4 is 4.08 Å².